The molecule has 1 amide bonds. The maximum absolute atomic E-state index is 11.3. The number of aliphatic hydroxyl groups excluding tert-OH is 1. The minimum Gasteiger partial charge on any atom is -0.465 e. The fourth-order valence-corrected chi connectivity index (χ4v) is 4.42. The number of carbonyl (C=O) groups is 1. The van der Waals surface area contributed by atoms with Gasteiger partial charge in [0.1, 0.15) is 5.52 Å². The predicted molar refractivity (Wildman–Crippen MR) is 118 cm³/mol. The van der Waals surface area contributed by atoms with Gasteiger partial charge in [-0.2, -0.15) is 0 Å². The summed E-state index contributed by atoms with van der Waals surface area (Å²) in [6.45, 7) is 2.12. The number of piperidine rings is 1. The molecule has 2 N–H and O–H groups in total. The molecule has 5 rings (SSSR count). The van der Waals surface area contributed by atoms with Crippen LogP contribution >= 0.6 is 0 Å². The smallest absolute Gasteiger partial charge is 0.407 e. The van der Waals surface area contributed by atoms with E-state index >= 15 is 0 Å². The molecule has 2 aliphatic rings. The van der Waals surface area contributed by atoms with Gasteiger partial charge >= 0.3 is 6.09 Å². The monoisotopic (exact) mass is 435 g/mol. The van der Waals surface area contributed by atoms with Crippen LogP contribution in [0.15, 0.2) is 36.7 Å². The largest absolute Gasteiger partial charge is 0.465 e. The molecule has 0 spiro atoms. The number of carboxylic acid groups (broad SMARTS) is 1. The lowest BCUT2D eigenvalue weighted by Crippen LogP contribution is -2.38. The fraction of sp³-hybridized carbons (Fsp3) is 0.391. The van der Waals surface area contributed by atoms with Crippen molar-refractivity contribution < 1.29 is 19.7 Å². The van der Waals surface area contributed by atoms with Crippen molar-refractivity contribution in [3.8, 4) is 11.4 Å². The van der Waals surface area contributed by atoms with Crippen LogP contribution in [0.5, 0.6) is 0 Å². The molecule has 0 unspecified atom stereocenters. The maximum atomic E-state index is 11.3. The standard InChI is InChI=1S/C23H25N5O4/c29-13-15-2-1-3-17(12-15)21-25-19(16-6-10-32-11-7-16)20-22(26-21)28(14-24-20)18-4-8-27(9-5-18)23(30)31/h1-3,6,12,14,18,29H,4-5,7-11,13H2,(H,30,31). The second-order valence-corrected chi connectivity index (χ2v) is 8.13. The molecule has 0 aliphatic carbocycles. The second-order valence-electron chi connectivity index (χ2n) is 8.13. The Morgan fingerprint density at radius 3 is 2.78 bits per heavy atom. The molecule has 1 saturated heterocycles. The molecule has 9 nitrogen and oxygen atoms in total. The number of hydrogen-bond acceptors (Lipinski definition) is 6. The SMILES string of the molecule is O=C(O)N1CCC(n2cnc3c(C4=CCOCC4)nc(-c4cccc(CO)c4)nc32)CC1. The van der Waals surface area contributed by atoms with E-state index in [1.54, 1.807) is 6.33 Å². The summed E-state index contributed by atoms with van der Waals surface area (Å²) in [6, 6.07) is 7.72. The first kappa shape index (κ1) is 20.6. The molecule has 166 valence electrons. The van der Waals surface area contributed by atoms with Crippen LogP contribution in [0.1, 0.15) is 36.6 Å². The van der Waals surface area contributed by atoms with Gasteiger partial charge in [0.05, 0.1) is 31.8 Å². The van der Waals surface area contributed by atoms with Gasteiger partial charge in [0.2, 0.25) is 0 Å². The minimum atomic E-state index is -0.874. The molecule has 2 aliphatic heterocycles. The summed E-state index contributed by atoms with van der Waals surface area (Å²) in [5, 5.41) is 18.8. The van der Waals surface area contributed by atoms with Crippen LogP contribution < -0.4 is 0 Å². The van der Waals surface area contributed by atoms with Crippen molar-refractivity contribution in [3.63, 3.8) is 0 Å². The molecule has 32 heavy (non-hydrogen) atoms. The number of rotatable bonds is 4. The zero-order chi connectivity index (χ0) is 22.1. The third-order valence-electron chi connectivity index (χ3n) is 6.19. The van der Waals surface area contributed by atoms with Gasteiger partial charge in [-0.05, 0) is 36.5 Å². The van der Waals surface area contributed by atoms with E-state index in [9.17, 15) is 15.0 Å². The zero-order valence-electron chi connectivity index (χ0n) is 17.6. The number of ether oxygens (including phenoxy) is 1. The Morgan fingerprint density at radius 1 is 1.22 bits per heavy atom. The molecule has 0 bridgehead atoms. The van der Waals surface area contributed by atoms with E-state index in [0.29, 0.717) is 45.0 Å². The van der Waals surface area contributed by atoms with Crippen molar-refractivity contribution in [3.05, 3.63) is 47.9 Å². The Kier molecular flexibility index (Phi) is 5.59. The molecule has 1 aromatic carbocycles. The molecule has 0 saturated carbocycles. The van der Waals surface area contributed by atoms with Crippen molar-refractivity contribution in [2.75, 3.05) is 26.3 Å². The number of likely N-dealkylation sites (tertiary alicyclic amines) is 1. The van der Waals surface area contributed by atoms with Gasteiger partial charge in [-0.3, -0.25) is 0 Å². The third kappa shape index (κ3) is 3.85. The van der Waals surface area contributed by atoms with E-state index in [2.05, 4.69) is 9.55 Å². The topological polar surface area (TPSA) is 114 Å². The van der Waals surface area contributed by atoms with Crippen LogP contribution in [0.3, 0.4) is 0 Å². The lowest BCUT2D eigenvalue weighted by molar-refractivity contribution is 0.126. The molecule has 1 fully saturated rings. The van der Waals surface area contributed by atoms with E-state index in [4.69, 9.17) is 14.7 Å². The molecule has 0 atom stereocenters. The van der Waals surface area contributed by atoms with Crippen LogP contribution in [0, 0.1) is 0 Å². The van der Waals surface area contributed by atoms with Gasteiger partial charge in [0.15, 0.2) is 11.5 Å². The van der Waals surface area contributed by atoms with Crippen LogP contribution in [0.25, 0.3) is 28.1 Å². The maximum Gasteiger partial charge on any atom is 0.407 e. The summed E-state index contributed by atoms with van der Waals surface area (Å²) in [5.41, 5.74) is 5.04. The fourth-order valence-electron chi connectivity index (χ4n) is 4.42. The molecular weight excluding hydrogens is 410 g/mol. The van der Waals surface area contributed by atoms with Crippen molar-refractivity contribution in [2.24, 2.45) is 0 Å². The van der Waals surface area contributed by atoms with Crippen LogP contribution in [-0.2, 0) is 11.3 Å². The number of fused-ring (bicyclic) bond motifs is 1. The summed E-state index contributed by atoms with van der Waals surface area (Å²) in [5.74, 6) is 0.583. The lowest BCUT2D eigenvalue weighted by atomic mass is 10.0. The summed E-state index contributed by atoms with van der Waals surface area (Å²) in [7, 11) is 0. The summed E-state index contributed by atoms with van der Waals surface area (Å²) in [4.78, 5) is 27.2. The highest BCUT2D eigenvalue weighted by atomic mass is 16.5. The van der Waals surface area contributed by atoms with Crippen LogP contribution in [0.2, 0.25) is 0 Å². The highest BCUT2D eigenvalue weighted by Gasteiger charge is 2.26. The minimum absolute atomic E-state index is 0.0501. The highest BCUT2D eigenvalue weighted by Crippen LogP contribution is 2.32. The first-order chi connectivity index (χ1) is 15.6. The lowest BCUT2D eigenvalue weighted by Gasteiger charge is -2.30. The number of nitrogens with zero attached hydrogens (tertiary/aromatic N) is 5. The Bertz CT molecular complexity index is 1180. The molecule has 0 radical (unpaired) electrons. The van der Waals surface area contributed by atoms with E-state index in [1.807, 2.05) is 30.3 Å². The summed E-state index contributed by atoms with van der Waals surface area (Å²) < 4.78 is 7.55. The van der Waals surface area contributed by atoms with Crippen LogP contribution in [-0.4, -0.2) is 67.0 Å². The summed E-state index contributed by atoms with van der Waals surface area (Å²) in [6.07, 6.45) is 5.15. The van der Waals surface area contributed by atoms with Gasteiger partial charge in [-0.1, -0.05) is 24.3 Å². The van der Waals surface area contributed by atoms with Gasteiger partial charge in [-0.25, -0.2) is 19.7 Å². The molecule has 3 aromatic rings. The van der Waals surface area contributed by atoms with E-state index < -0.39 is 6.09 Å². The van der Waals surface area contributed by atoms with E-state index in [1.165, 1.54) is 4.90 Å². The van der Waals surface area contributed by atoms with Gasteiger partial charge in [0.25, 0.3) is 0 Å². The van der Waals surface area contributed by atoms with Crippen molar-refractivity contribution in [2.45, 2.75) is 31.9 Å². The predicted octanol–water partition coefficient (Wildman–Crippen LogP) is 3.10. The number of hydrogen-bond donors (Lipinski definition) is 2. The Morgan fingerprint density at radius 2 is 2.06 bits per heavy atom. The normalized spacial score (nSPS) is 17.5. The molecule has 9 heteroatoms. The number of amides is 1. The molecule has 4 heterocycles. The number of aromatic nitrogens is 4. The number of aliphatic hydroxyl groups is 1. The third-order valence-corrected chi connectivity index (χ3v) is 6.19. The quantitative estimate of drug-likeness (QED) is 0.647. The number of benzene rings is 1. The molecular formula is C23H25N5O4. The number of imidazole rings is 1. The van der Waals surface area contributed by atoms with Gasteiger partial charge < -0.3 is 24.4 Å². The Balaban J connectivity index is 1.61. The zero-order valence-corrected chi connectivity index (χ0v) is 17.6. The Labute approximate surface area is 185 Å². The van der Waals surface area contributed by atoms with Crippen LogP contribution in [0.4, 0.5) is 4.79 Å². The first-order valence-corrected chi connectivity index (χ1v) is 10.8. The molecule has 2 aromatic heterocycles. The average molecular weight is 435 g/mol. The van der Waals surface area contributed by atoms with Gasteiger partial charge in [0, 0.05) is 24.7 Å². The van der Waals surface area contributed by atoms with E-state index in [0.717, 1.165) is 40.0 Å². The average Bonchev–Trinajstić information content (AvgIpc) is 3.28. The van der Waals surface area contributed by atoms with Gasteiger partial charge in [-0.15, -0.1) is 0 Å². The van der Waals surface area contributed by atoms with Crippen molar-refractivity contribution in [1.82, 2.24) is 24.4 Å². The first-order valence-electron chi connectivity index (χ1n) is 10.8. The van der Waals surface area contributed by atoms with Crippen molar-refractivity contribution in [1.29, 1.82) is 0 Å². The summed E-state index contributed by atoms with van der Waals surface area (Å²) >= 11 is 0. The van der Waals surface area contributed by atoms with Crippen molar-refractivity contribution >= 4 is 22.8 Å². The highest BCUT2D eigenvalue weighted by molar-refractivity contribution is 5.87. The van der Waals surface area contributed by atoms with E-state index in [-0.39, 0.29) is 12.6 Å². The Hall–Kier alpha value is -3.30. The second kappa shape index (κ2) is 8.68.